The summed E-state index contributed by atoms with van der Waals surface area (Å²) in [4.78, 5) is 0. The summed E-state index contributed by atoms with van der Waals surface area (Å²) in [6, 6.07) is 0. The van der Waals surface area contributed by atoms with E-state index in [1.54, 1.807) is 0 Å². The molecule has 0 aliphatic carbocycles. The molecule has 10 nitrogen and oxygen atoms in total. The van der Waals surface area contributed by atoms with Gasteiger partial charge in [0.05, 0.1) is 26.4 Å². The molecule has 0 bridgehead atoms. The van der Waals surface area contributed by atoms with Gasteiger partial charge in [-0.1, -0.05) is 12.2 Å². The monoisotopic (exact) mass is 444 g/mol. The van der Waals surface area contributed by atoms with Gasteiger partial charge in [-0.05, 0) is 27.7 Å². The van der Waals surface area contributed by atoms with E-state index in [1.165, 1.54) is 0 Å². The number of hydrogen-bond donors (Lipinski definition) is 0. The minimum Gasteiger partial charge on any atom is -0.375 e. The van der Waals surface area contributed by atoms with Crippen LogP contribution in [0.4, 0.5) is 0 Å². The van der Waals surface area contributed by atoms with Gasteiger partial charge < -0.3 is 47.4 Å². The molecule has 8 atom stereocenters. The standard InChI is InChI=1S/C21H32O10/c1-20(2)28-16-14-12(26-18(16)30-20)9-22-7-5-6-8-23-10-13-15(25-11-24-14)17-19(27-13)31-21(3,4)29-17/h5-6,12-19H,7-11H2,1-4H3/b6-5+/t12-,13-,14+,15+,16-,17-,18-,19-/m1/s1. The van der Waals surface area contributed by atoms with Gasteiger partial charge in [0.2, 0.25) is 0 Å². The lowest BCUT2D eigenvalue weighted by atomic mass is 10.1. The Hall–Kier alpha value is -0.660. The molecule has 0 amide bonds. The van der Waals surface area contributed by atoms with E-state index in [0.717, 1.165) is 0 Å². The van der Waals surface area contributed by atoms with Crippen LogP contribution in [0.3, 0.4) is 0 Å². The van der Waals surface area contributed by atoms with Crippen LogP contribution < -0.4 is 0 Å². The van der Waals surface area contributed by atoms with Crippen LogP contribution in [0, 0.1) is 0 Å². The zero-order valence-corrected chi connectivity index (χ0v) is 18.4. The summed E-state index contributed by atoms with van der Waals surface area (Å²) < 4.78 is 59.5. The van der Waals surface area contributed by atoms with E-state index >= 15 is 0 Å². The molecule has 0 aromatic rings. The first-order valence-corrected chi connectivity index (χ1v) is 10.9. The van der Waals surface area contributed by atoms with E-state index in [9.17, 15) is 0 Å². The van der Waals surface area contributed by atoms with E-state index < -0.39 is 36.4 Å². The Morgan fingerprint density at radius 1 is 0.613 bits per heavy atom. The third kappa shape index (κ3) is 4.70. The summed E-state index contributed by atoms with van der Waals surface area (Å²) in [6.45, 7) is 9.01. The largest absolute Gasteiger partial charge is 0.375 e. The van der Waals surface area contributed by atoms with Crippen LogP contribution in [-0.2, 0) is 47.4 Å². The molecule has 176 valence electrons. The minimum atomic E-state index is -0.735. The highest BCUT2D eigenvalue weighted by Crippen LogP contribution is 2.40. The highest BCUT2D eigenvalue weighted by Gasteiger charge is 2.57. The number of fused-ring (bicyclic) bond motifs is 6. The zero-order chi connectivity index (χ0) is 21.6. The maximum absolute atomic E-state index is 6.12. The van der Waals surface area contributed by atoms with Crippen LogP contribution in [0.15, 0.2) is 12.2 Å². The smallest absolute Gasteiger partial charge is 0.190 e. The van der Waals surface area contributed by atoms with Crippen molar-refractivity contribution in [3.8, 4) is 0 Å². The van der Waals surface area contributed by atoms with Crippen LogP contribution in [0.5, 0.6) is 0 Å². The van der Waals surface area contributed by atoms with Crippen molar-refractivity contribution in [2.75, 3.05) is 33.2 Å². The molecule has 4 saturated heterocycles. The Bertz CT molecular complexity index is 613. The van der Waals surface area contributed by atoms with Gasteiger partial charge in [0.15, 0.2) is 24.2 Å². The highest BCUT2D eigenvalue weighted by atomic mass is 16.9. The Balaban J connectivity index is 1.29. The molecule has 10 heteroatoms. The first-order chi connectivity index (χ1) is 14.8. The quantitative estimate of drug-likeness (QED) is 0.505. The van der Waals surface area contributed by atoms with Crippen LogP contribution in [-0.4, -0.2) is 94.0 Å². The van der Waals surface area contributed by atoms with Crippen LogP contribution in [0.25, 0.3) is 0 Å². The molecule has 5 aliphatic heterocycles. The lowest BCUT2D eigenvalue weighted by molar-refractivity contribution is -0.245. The molecular formula is C21H32O10. The molecule has 0 radical (unpaired) electrons. The predicted molar refractivity (Wildman–Crippen MR) is 103 cm³/mol. The molecule has 0 unspecified atom stereocenters. The summed E-state index contributed by atoms with van der Waals surface area (Å²) in [5.74, 6) is -1.47. The number of rotatable bonds is 0. The Labute approximate surface area is 181 Å². The summed E-state index contributed by atoms with van der Waals surface area (Å²) in [6.07, 6.45) is 0.618. The van der Waals surface area contributed by atoms with Crippen molar-refractivity contribution in [3.63, 3.8) is 0 Å². The Morgan fingerprint density at radius 3 is 1.52 bits per heavy atom. The van der Waals surface area contributed by atoms with Crippen molar-refractivity contribution in [2.45, 2.75) is 88.5 Å². The molecular weight excluding hydrogens is 412 g/mol. The van der Waals surface area contributed by atoms with Gasteiger partial charge >= 0.3 is 0 Å². The summed E-state index contributed by atoms with van der Waals surface area (Å²) in [5, 5.41) is 0. The van der Waals surface area contributed by atoms with Crippen LogP contribution in [0.2, 0.25) is 0 Å². The molecule has 5 heterocycles. The fourth-order valence-electron chi connectivity index (χ4n) is 4.60. The Kier molecular flexibility index (Phi) is 6.15. The van der Waals surface area contributed by atoms with Crippen molar-refractivity contribution < 1.29 is 47.4 Å². The van der Waals surface area contributed by atoms with Gasteiger partial charge in [0, 0.05) is 0 Å². The molecule has 5 rings (SSSR count). The van der Waals surface area contributed by atoms with Gasteiger partial charge in [-0.2, -0.15) is 0 Å². The van der Waals surface area contributed by atoms with E-state index in [-0.39, 0.29) is 31.2 Å². The molecule has 31 heavy (non-hydrogen) atoms. The average Bonchev–Trinajstić information content (AvgIpc) is 3.33. The molecule has 0 aromatic heterocycles. The summed E-state index contributed by atoms with van der Waals surface area (Å²) >= 11 is 0. The lowest BCUT2D eigenvalue weighted by Crippen LogP contribution is -2.42. The third-order valence-corrected chi connectivity index (χ3v) is 5.85. The molecule has 0 aromatic carbocycles. The maximum atomic E-state index is 6.12. The SMILES string of the molecule is CC1(C)O[C@H]2O[C@@H]3COC/C=C/COC[C@H]4O[C@@H]5OC(C)(C)O[C@@H]5[C@H]4OCO[C@@H]3[C@H]2O1. The van der Waals surface area contributed by atoms with Crippen molar-refractivity contribution >= 4 is 0 Å². The minimum absolute atomic E-state index is 0.00726. The zero-order valence-electron chi connectivity index (χ0n) is 18.4. The van der Waals surface area contributed by atoms with Crippen LogP contribution >= 0.6 is 0 Å². The molecule has 0 N–H and O–H groups in total. The second-order valence-corrected chi connectivity index (χ2v) is 9.21. The lowest BCUT2D eigenvalue weighted by Gasteiger charge is -2.28. The first-order valence-electron chi connectivity index (χ1n) is 10.9. The van der Waals surface area contributed by atoms with E-state index in [1.807, 2.05) is 39.8 Å². The Morgan fingerprint density at radius 2 is 1.06 bits per heavy atom. The van der Waals surface area contributed by atoms with Crippen molar-refractivity contribution in [1.29, 1.82) is 0 Å². The topological polar surface area (TPSA) is 92.3 Å². The number of ether oxygens (including phenoxy) is 10. The predicted octanol–water partition coefficient (Wildman–Crippen LogP) is 1.07. The van der Waals surface area contributed by atoms with Gasteiger partial charge in [0.25, 0.3) is 0 Å². The highest BCUT2D eigenvalue weighted by molar-refractivity contribution is 4.96. The van der Waals surface area contributed by atoms with Crippen molar-refractivity contribution in [1.82, 2.24) is 0 Å². The normalized spacial score (nSPS) is 48.1. The van der Waals surface area contributed by atoms with Crippen molar-refractivity contribution in [2.24, 2.45) is 0 Å². The molecule has 5 aliphatic rings. The maximum Gasteiger partial charge on any atom is 0.190 e. The molecule has 0 spiro atoms. The van der Waals surface area contributed by atoms with Crippen molar-refractivity contribution in [3.05, 3.63) is 12.2 Å². The average molecular weight is 444 g/mol. The van der Waals surface area contributed by atoms with E-state index in [0.29, 0.717) is 26.4 Å². The summed E-state index contributed by atoms with van der Waals surface area (Å²) in [7, 11) is 0. The first kappa shape index (κ1) is 22.1. The van der Waals surface area contributed by atoms with E-state index in [4.69, 9.17) is 47.4 Å². The van der Waals surface area contributed by atoms with Gasteiger partial charge in [0.1, 0.15) is 43.4 Å². The van der Waals surface area contributed by atoms with Gasteiger partial charge in [-0.25, -0.2) is 0 Å². The molecule has 4 fully saturated rings. The second kappa shape index (κ2) is 8.60. The van der Waals surface area contributed by atoms with Gasteiger partial charge in [-0.15, -0.1) is 0 Å². The molecule has 0 saturated carbocycles. The summed E-state index contributed by atoms with van der Waals surface area (Å²) in [5.41, 5.74) is 0. The number of hydrogen-bond acceptors (Lipinski definition) is 10. The van der Waals surface area contributed by atoms with E-state index in [2.05, 4.69) is 0 Å². The second-order valence-electron chi connectivity index (χ2n) is 9.21. The van der Waals surface area contributed by atoms with Crippen LogP contribution in [0.1, 0.15) is 27.7 Å². The third-order valence-electron chi connectivity index (χ3n) is 5.85. The fourth-order valence-corrected chi connectivity index (χ4v) is 4.60. The van der Waals surface area contributed by atoms with Gasteiger partial charge in [-0.3, -0.25) is 0 Å². The fraction of sp³-hybridized carbons (Fsp3) is 0.905.